The first-order valence-corrected chi connectivity index (χ1v) is 9.71. The Morgan fingerprint density at radius 2 is 1.97 bits per heavy atom. The molecule has 0 aliphatic heterocycles. The summed E-state index contributed by atoms with van der Waals surface area (Å²) in [4.78, 5) is 17.1. The number of nitrogens with zero attached hydrogens (tertiary/aromatic N) is 2. The lowest BCUT2D eigenvalue weighted by atomic mass is 9.84. The molecule has 0 bridgehead atoms. The third kappa shape index (κ3) is 5.03. The molecule has 1 saturated carbocycles. The van der Waals surface area contributed by atoms with Crippen LogP contribution in [0.3, 0.4) is 0 Å². The minimum absolute atomic E-state index is 0.0227. The van der Waals surface area contributed by atoms with Crippen LogP contribution in [0.4, 0.5) is 19.0 Å². The van der Waals surface area contributed by atoms with Gasteiger partial charge >= 0.3 is 6.18 Å². The van der Waals surface area contributed by atoms with Gasteiger partial charge in [-0.05, 0) is 31.1 Å². The molecule has 1 fully saturated rings. The minimum Gasteiger partial charge on any atom is -0.481 e. The highest BCUT2D eigenvalue weighted by Gasteiger charge is 2.39. The van der Waals surface area contributed by atoms with Crippen LogP contribution in [-0.2, 0) is 0 Å². The lowest BCUT2D eigenvalue weighted by Gasteiger charge is -2.30. The summed E-state index contributed by atoms with van der Waals surface area (Å²) in [5, 5.41) is 9.57. The van der Waals surface area contributed by atoms with E-state index in [0.29, 0.717) is 11.3 Å². The summed E-state index contributed by atoms with van der Waals surface area (Å²) < 4.78 is 44.2. The molecular formula is C20H26F3N5O2. The molecule has 30 heavy (non-hydrogen) atoms. The highest BCUT2D eigenvalue weighted by Crippen LogP contribution is 2.45. The number of hydrogen-bond acceptors (Lipinski definition) is 5. The van der Waals surface area contributed by atoms with Crippen molar-refractivity contribution in [2.75, 3.05) is 5.73 Å². The molecule has 2 heterocycles. The van der Waals surface area contributed by atoms with Crippen molar-refractivity contribution in [2.45, 2.75) is 64.8 Å². The number of carbonyl (C=O) groups excluding carboxylic acids is 1. The Morgan fingerprint density at radius 1 is 1.30 bits per heavy atom. The van der Waals surface area contributed by atoms with Crippen molar-refractivity contribution in [2.24, 2.45) is 5.41 Å². The predicted molar refractivity (Wildman–Crippen MR) is 105 cm³/mol. The number of rotatable bonds is 6. The number of pyridine rings is 1. The molecule has 164 valence electrons. The molecule has 0 radical (unpaired) electrons. The highest BCUT2D eigenvalue weighted by atomic mass is 19.4. The van der Waals surface area contributed by atoms with Gasteiger partial charge in [0.1, 0.15) is 17.3 Å². The number of aromatic nitrogens is 3. The van der Waals surface area contributed by atoms with E-state index in [9.17, 15) is 18.0 Å². The average Bonchev–Trinajstić information content (AvgIpc) is 3.38. The van der Waals surface area contributed by atoms with E-state index in [4.69, 9.17) is 10.5 Å². The molecule has 1 aliphatic carbocycles. The third-order valence-corrected chi connectivity index (χ3v) is 4.98. The van der Waals surface area contributed by atoms with E-state index in [1.165, 1.54) is 12.3 Å². The van der Waals surface area contributed by atoms with Gasteiger partial charge in [0.2, 0.25) is 0 Å². The van der Waals surface area contributed by atoms with Gasteiger partial charge in [0.15, 0.2) is 6.10 Å². The molecule has 1 aliphatic rings. The Balaban J connectivity index is 1.87. The fourth-order valence-electron chi connectivity index (χ4n) is 3.10. The average molecular weight is 425 g/mol. The number of hydrogen-bond donors (Lipinski definition) is 3. The van der Waals surface area contributed by atoms with Crippen LogP contribution >= 0.6 is 0 Å². The zero-order chi connectivity index (χ0) is 22.3. The van der Waals surface area contributed by atoms with E-state index in [0.717, 1.165) is 19.8 Å². The molecule has 7 nitrogen and oxygen atoms in total. The number of ether oxygens (including phenoxy) is 1. The summed E-state index contributed by atoms with van der Waals surface area (Å²) in [5.74, 6) is -0.0897. The van der Waals surface area contributed by atoms with Crippen molar-refractivity contribution >= 4 is 11.7 Å². The number of H-pyrrole nitrogens is 1. The second-order valence-electron chi connectivity index (χ2n) is 8.70. The summed E-state index contributed by atoms with van der Waals surface area (Å²) in [6, 6.07) is 2.43. The predicted octanol–water partition coefficient (Wildman–Crippen LogP) is 4.11. The van der Waals surface area contributed by atoms with E-state index in [2.05, 4.69) is 20.5 Å². The van der Waals surface area contributed by atoms with Gasteiger partial charge < -0.3 is 15.8 Å². The van der Waals surface area contributed by atoms with Gasteiger partial charge in [-0.25, -0.2) is 0 Å². The third-order valence-electron chi connectivity index (χ3n) is 4.98. The zero-order valence-corrected chi connectivity index (χ0v) is 17.3. The molecule has 1 unspecified atom stereocenters. The maximum Gasteiger partial charge on any atom is 0.425 e. The molecule has 4 N–H and O–H groups in total. The first-order valence-electron chi connectivity index (χ1n) is 9.71. The molecule has 2 aromatic heterocycles. The number of nitrogens with one attached hydrogen (secondary N) is 2. The topological polar surface area (TPSA) is 106 Å². The molecule has 2 atom stereocenters. The Morgan fingerprint density at radius 3 is 2.47 bits per heavy atom. The molecule has 3 rings (SSSR count). The van der Waals surface area contributed by atoms with Crippen LogP contribution in [0.2, 0.25) is 0 Å². The Bertz CT molecular complexity index is 916. The maximum atomic E-state index is 13.0. The fraction of sp³-hybridized carbons (Fsp3) is 0.550. The standard InChI is InChI=1S/C20H26F3N5O2/c1-10(20(21,22)23)30-15-7-14(25-9-12(15)11-5-6-11)18(29)26-17(19(2,3)4)13-8-16(24)28-27-13/h7-11,17H,5-6H2,1-4H3,(H,26,29)(H3,24,27,28)/t10-,17?/m0/s1. The highest BCUT2D eigenvalue weighted by molar-refractivity contribution is 5.93. The van der Waals surface area contributed by atoms with Crippen LogP contribution < -0.4 is 15.8 Å². The number of amides is 1. The maximum absolute atomic E-state index is 13.0. The van der Waals surface area contributed by atoms with Crippen molar-refractivity contribution in [3.63, 3.8) is 0 Å². The SMILES string of the molecule is C[C@H](Oc1cc(C(=O)NC(c2cc(N)n[nH]2)C(C)(C)C)ncc1C1CC1)C(F)(F)F. The van der Waals surface area contributed by atoms with Crippen molar-refractivity contribution in [1.29, 1.82) is 0 Å². The van der Waals surface area contributed by atoms with Gasteiger partial charge in [-0.2, -0.15) is 18.3 Å². The van der Waals surface area contributed by atoms with E-state index in [1.54, 1.807) is 6.07 Å². The molecule has 0 saturated heterocycles. The van der Waals surface area contributed by atoms with E-state index in [-0.39, 0.29) is 23.2 Å². The summed E-state index contributed by atoms with van der Waals surface area (Å²) in [7, 11) is 0. The second-order valence-corrected chi connectivity index (χ2v) is 8.70. The van der Waals surface area contributed by atoms with Gasteiger partial charge in [-0.15, -0.1) is 0 Å². The number of carbonyl (C=O) groups is 1. The minimum atomic E-state index is -4.51. The van der Waals surface area contributed by atoms with Gasteiger partial charge in [-0.3, -0.25) is 14.9 Å². The lowest BCUT2D eigenvalue weighted by Crippen LogP contribution is -2.37. The van der Waals surface area contributed by atoms with Crippen molar-refractivity contribution < 1.29 is 22.7 Å². The summed E-state index contributed by atoms with van der Waals surface area (Å²) in [6.45, 7) is 6.73. The Labute approximate surface area is 172 Å². The normalized spacial score (nSPS) is 16.8. The van der Waals surface area contributed by atoms with Crippen molar-refractivity contribution in [3.8, 4) is 5.75 Å². The second kappa shape index (κ2) is 7.81. The number of anilines is 1. The van der Waals surface area contributed by atoms with Gasteiger partial charge in [0.25, 0.3) is 5.91 Å². The molecule has 1 amide bonds. The van der Waals surface area contributed by atoms with Crippen LogP contribution in [0.5, 0.6) is 5.75 Å². The van der Waals surface area contributed by atoms with Crippen molar-refractivity contribution in [1.82, 2.24) is 20.5 Å². The summed E-state index contributed by atoms with van der Waals surface area (Å²) in [5.41, 5.74) is 6.47. The summed E-state index contributed by atoms with van der Waals surface area (Å²) in [6.07, 6.45) is -3.35. The number of nitrogen functional groups attached to an aromatic ring is 1. The van der Waals surface area contributed by atoms with Gasteiger partial charge in [0.05, 0.1) is 11.7 Å². The van der Waals surface area contributed by atoms with Gasteiger partial charge in [0, 0.05) is 23.9 Å². The smallest absolute Gasteiger partial charge is 0.425 e. The fourth-order valence-corrected chi connectivity index (χ4v) is 3.10. The van der Waals surface area contributed by atoms with E-state index >= 15 is 0 Å². The lowest BCUT2D eigenvalue weighted by molar-refractivity contribution is -0.189. The van der Waals surface area contributed by atoms with E-state index in [1.807, 2.05) is 20.8 Å². The van der Waals surface area contributed by atoms with Crippen molar-refractivity contribution in [3.05, 3.63) is 35.3 Å². The van der Waals surface area contributed by atoms with Crippen LogP contribution in [0, 0.1) is 5.41 Å². The number of nitrogens with two attached hydrogens (primary N) is 1. The van der Waals surface area contributed by atoms with Crippen LogP contribution in [0.25, 0.3) is 0 Å². The van der Waals surface area contributed by atoms with Crippen LogP contribution in [0.1, 0.15) is 74.2 Å². The Kier molecular flexibility index (Phi) is 5.70. The zero-order valence-electron chi connectivity index (χ0n) is 17.3. The number of aromatic amines is 1. The summed E-state index contributed by atoms with van der Waals surface area (Å²) >= 11 is 0. The van der Waals surface area contributed by atoms with Gasteiger partial charge in [-0.1, -0.05) is 20.8 Å². The molecular weight excluding hydrogens is 399 g/mol. The van der Waals surface area contributed by atoms with Crippen LogP contribution in [-0.4, -0.2) is 33.4 Å². The number of alkyl halides is 3. The molecule has 0 aromatic carbocycles. The Hall–Kier alpha value is -2.78. The number of halogens is 3. The first kappa shape index (κ1) is 21.9. The quantitative estimate of drug-likeness (QED) is 0.646. The largest absolute Gasteiger partial charge is 0.481 e. The van der Waals surface area contributed by atoms with Crippen LogP contribution in [0.15, 0.2) is 18.3 Å². The molecule has 0 spiro atoms. The van der Waals surface area contributed by atoms with E-state index < -0.39 is 29.6 Å². The monoisotopic (exact) mass is 425 g/mol. The molecule has 2 aromatic rings. The molecule has 10 heteroatoms. The first-order chi connectivity index (χ1) is 13.9.